The predicted molar refractivity (Wildman–Crippen MR) is 94.4 cm³/mol. The molecule has 1 N–H and O–H groups in total. The Balaban J connectivity index is 1.70. The maximum absolute atomic E-state index is 12.2. The van der Waals surface area contributed by atoms with E-state index in [1.165, 1.54) is 11.1 Å². The second kappa shape index (κ2) is 7.18. The lowest BCUT2D eigenvalue weighted by molar-refractivity contribution is 0.111. The summed E-state index contributed by atoms with van der Waals surface area (Å²) in [6.45, 7) is 8.25. The standard InChI is InChI=1S/C19H25N3O2/c1-4-6-18-20-16-11-22(10-9-15(16)19(23)21-18)12-24-17-8-5-7-13(2)14(17)3/h5,7-8H,4,6,9-12H2,1-3H3,(H,20,21,23). The molecule has 1 aliphatic rings. The molecule has 0 saturated carbocycles. The zero-order valence-electron chi connectivity index (χ0n) is 14.7. The van der Waals surface area contributed by atoms with Crippen molar-refractivity contribution in [2.45, 2.75) is 46.6 Å². The van der Waals surface area contributed by atoms with Crippen LogP contribution in [0.25, 0.3) is 0 Å². The monoisotopic (exact) mass is 327 g/mol. The quantitative estimate of drug-likeness (QED) is 0.917. The summed E-state index contributed by atoms with van der Waals surface area (Å²) in [6, 6.07) is 6.11. The van der Waals surface area contributed by atoms with Crippen LogP contribution in [0.15, 0.2) is 23.0 Å². The lowest BCUT2D eigenvalue weighted by Gasteiger charge is -2.27. The van der Waals surface area contributed by atoms with E-state index in [9.17, 15) is 4.79 Å². The van der Waals surface area contributed by atoms with Gasteiger partial charge in [-0.2, -0.15) is 0 Å². The minimum Gasteiger partial charge on any atom is -0.478 e. The highest BCUT2D eigenvalue weighted by Gasteiger charge is 2.21. The molecule has 0 radical (unpaired) electrons. The normalized spacial score (nSPS) is 14.5. The number of aromatic amines is 1. The van der Waals surface area contributed by atoms with Gasteiger partial charge in [0, 0.05) is 25.1 Å². The van der Waals surface area contributed by atoms with Gasteiger partial charge in [-0.3, -0.25) is 9.69 Å². The van der Waals surface area contributed by atoms with Gasteiger partial charge in [-0.25, -0.2) is 4.98 Å². The van der Waals surface area contributed by atoms with Gasteiger partial charge in [0.1, 0.15) is 18.3 Å². The van der Waals surface area contributed by atoms with Crippen LogP contribution in [-0.2, 0) is 19.4 Å². The Hall–Kier alpha value is -2.14. The van der Waals surface area contributed by atoms with E-state index in [-0.39, 0.29) is 5.56 Å². The van der Waals surface area contributed by atoms with Crippen molar-refractivity contribution in [3.8, 4) is 5.75 Å². The summed E-state index contributed by atoms with van der Waals surface area (Å²) in [5.74, 6) is 1.71. The van der Waals surface area contributed by atoms with Crippen molar-refractivity contribution in [2.75, 3.05) is 13.3 Å². The topological polar surface area (TPSA) is 58.2 Å². The van der Waals surface area contributed by atoms with E-state index in [0.717, 1.165) is 48.6 Å². The summed E-state index contributed by atoms with van der Waals surface area (Å²) < 4.78 is 5.99. The first-order valence-corrected chi connectivity index (χ1v) is 8.60. The molecule has 0 unspecified atom stereocenters. The zero-order valence-corrected chi connectivity index (χ0v) is 14.7. The van der Waals surface area contributed by atoms with E-state index < -0.39 is 0 Å². The first-order valence-electron chi connectivity index (χ1n) is 8.60. The average Bonchev–Trinajstić information content (AvgIpc) is 2.56. The predicted octanol–water partition coefficient (Wildman–Crippen LogP) is 2.73. The van der Waals surface area contributed by atoms with E-state index in [1.807, 2.05) is 12.1 Å². The summed E-state index contributed by atoms with van der Waals surface area (Å²) >= 11 is 0. The third kappa shape index (κ3) is 3.51. The molecule has 128 valence electrons. The van der Waals surface area contributed by atoms with Crippen LogP contribution >= 0.6 is 0 Å². The molecule has 1 aromatic carbocycles. The fourth-order valence-corrected chi connectivity index (χ4v) is 3.05. The number of aryl methyl sites for hydroxylation is 2. The maximum atomic E-state index is 12.2. The van der Waals surface area contributed by atoms with Gasteiger partial charge in [0.25, 0.3) is 5.56 Å². The van der Waals surface area contributed by atoms with Gasteiger partial charge in [0.15, 0.2) is 0 Å². The van der Waals surface area contributed by atoms with Gasteiger partial charge in [-0.1, -0.05) is 19.1 Å². The minimum atomic E-state index is 0.0264. The first-order chi connectivity index (χ1) is 11.6. The molecule has 0 atom stereocenters. The third-order valence-corrected chi connectivity index (χ3v) is 4.65. The summed E-state index contributed by atoms with van der Waals surface area (Å²) in [5.41, 5.74) is 4.16. The number of hydrogen-bond donors (Lipinski definition) is 1. The molecule has 0 amide bonds. The largest absolute Gasteiger partial charge is 0.478 e. The number of nitrogens with one attached hydrogen (secondary N) is 1. The summed E-state index contributed by atoms with van der Waals surface area (Å²) in [4.78, 5) is 21.9. The van der Waals surface area contributed by atoms with Crippen molar-refractivity contribution < 1.29 is 4.74 Å². The van der Waals surface area contributed by atoms with Crippen LogP contribution in [0.1, 0.15) is 41.6 Å². The Bertz CT molecular complexity index is 783. The Morgan fingerprint density at radius 2 is 2.17 bits per heavy atom. The van der Waals surface area contributed by atoms with E-state index >= 15 is 0 Å². The van der Waals surface area contributed by atoms with E-state index in [2.05, 4.69) is 41.7 Å². The number of benzene rings is 1. The van der Waals surface area contributed by atoms with E-state index in [4.69, 9.17) is 4.74 Å². The lowest BCUT2D eigenvalue weighted by atomic mass is 10.1. The number of nitrogens with zero attached hydrogens (tertiary/aromatic N) is 2. The summed E-state index contributed by atoms with van der Waals surface area (Å²) in [6.07, 6.45) is 2.50. The molecule has 1 aromatic heterocycles. The number of H-pyrrole nitrogens is 1. The van der Waals surface area contributed by atoms with Gasteiger partial charge < -0.3 is 9.72 Å². The highest BCUT2D eigenvalue weighted by Crippen LogP contribution is 2.21. The fraction of sp³-hybridized carbons (Fsp3) is 0.474. The van der Waals surface area contributed by atoms with Gasteiger partial charge in [-0.15, -0.1) is 0 Å². The zero-order chi connectivity index (χ0) is 17.1. The second-order valence-corrected chi connectivity index (χ2v) is 6.46. The molecular formula is C19H25N3O2. The smallest absolute Gasteiger partial charge is 0.254 e. The van der Waals surface area contributed by atoms with Crippen LogP contribution in [0.5, 0.6) is 5.75 Å². The molecule has 1 aliphatic heterocycles. The SMILES string of the molecule is CCCc1nc2c(c(=O)[nH]1)CCN(COc1cccc(C)c1C)C2. The van der Waals surface area contributed by atoms with Gasteiger partial charge in [0.05, 0.1) is 5.69 Å². The average molecular weight is 327 g/mol. The molecule has 2 aromatic rings. The molecule has 24 heavy (non-hydrogen) atoms. The second-order valence-electron chi connectivity index (χ2n) is 6.46. The molecule has 0 bridgehead atoms. The van der Waals surface area contributed by atoms with Crippen molar-refractivity contribution in [3.05, 3.63) is 56.8 Å². The lowest BCUT2D eigenvalue weighted by Crippen LogP contribution is -2.37. The highest BCUT2D eigenvalue weighted by atomic mass is 16.5. The Kier molecular flexibility index (Phi) is 5.00. The number of fused-ring (bicyclic) bond motifs is 1. The number of hydrogen-bond acceptors (Lipinski definition) is 4. The fourth-order valence-electron chi connectivity index (χ4n) is 3.05. The molecule has 0 saturated heterocycles. The Morgan fingerprint density at radius 3 is 2.96 bits per heavy atom. The Morgan fingerprint density at radius 1 is 1.33 bits per heavy atom. The van der Waals surface area contributed by atoms with Gasteiger partial charge in [0.2, 0.25) is 0 Å². The summed E-state index contributed by atoms with van der Waals surface area (Å²) in [7, 11) is 0. The minimum absolute atomic E-state index is 0.0264. The molecular weight excluding hydrogens is 302 g/mol. The van der Waals surface area contributed by atoms with E-state index in [1.54, 1.807) is 0 Å². The molecule has 2 heterocycles. The molecule has 0 spiro atoms. The van der Waals surface area contributed by atoms with Crippen LogP contribution in [0.2, 0.25) is 0 Å². The van der Waals surface area contributed by atoms with Crippen molar-refractivity contribution in [1.29, 1.82) is 0 Å². The number of ether oxygens (including phenoxy) is 1. The van der Waals surface area contributed by atoms with Crippen LogP contribution in [-0.4, -0.2) is 28.1 Å². The van der Waals surface area contributed by atoms with Crippen LogP contribution in [0, 0.1) is 13.8 Å². The van der Waals surface area contributed by atoms with Crippen molar-refractivity contribution in [1.82, 2.24) is 14.9 Å². The summed E-state index contributed by atoms with van der Waals surface area (Å²) in [5, 5.41) is 0. The highest BCUT2D eigenvalue weighted by molar-refractivity contribution is 5.38. The molecule has 3 rings (SSSR count). The third-order valence-electron chi connectivity index (χ3n) is 4.65. The first kappa shape index (κ1) is 16.7. The molecule has 0 aliphatic carbocycles. The number of aromatic nitrogens is 2. The molecule has 5 nitrogen and oxygen atoms in total. The van der Waals surface area contributed by atoms with Crippen LogP contribution in [0.3, 0.4) is 0 Å². The van der Waals surface area contributed by atoms with Crippen LogP contribution in [0.4, 0.5) is 0 Å². The number of rotatable bonds is 5. The van der Waals surface area contributed by atoms with Crippen molar-refractivity contribution >= 4 is 0 Å². The van der Waals surface area contributed by atoms with Crippen molar-refractivity contribution in [2.24, 2.45) is 0 Å². The Labute approximate surface area is 142 Å². The van der Waals surface area contributed by atoms with Crippen molar-refractivity contribution in [3.63, 3.8) is 0 Å². The van der Waals surface area contributed by atoms with E-state index in [0.29, 0.717) is 13.3 Å². The molecule has 0 fully saturated rings. The van der Waals surface area contributed by atoms with Crippen LogP contribution < -0.4 is 10.3 Å². The maximum Gasteiger partial charge on any atom is 0.254 e. The van der Waals surface area contributed by atoms with Gasteiger partial charge >= 0.3 is 0 Å². The van der Waals surface area contributed by atoms with Gasteiger partial charge in [-0.05, 0) is 43.9 Å². The molecule has 5 heteroatoms.